The zero-order chi connectivity index (χ0) is 11.0. The average Bonchev–Trinajstić information content (AvgIpc) is 2.23. The molecule has 0 aromatic heterocycles. The lowest BCUT2D eigenvalue weighted by Crippen LogP contribution is -2.09. The van der Waals surface area contributed by atoms with Gasteiger partial charge in [-0.05, 0) is 5.39 Å². The Morgan fingerprint density at radius 3 is 2.40 bits per heavy atom. The first-order valence-electron chi connectivity index (χ1n) is 4.34. The standard InChI is InChI=1S/C11H7BO3/c12-9-5-8(11(14)15)10(13)7-4-2-1-3-6(7)9/h1-5,13H,(H,14,15). The number of hydrogen-bond acceptors (Lipinski definition) is 2. The summed E-state index contributed by atoms with van der Waals surface area (Å²) in [5.41, 5.74) is 0.173. The molecule has 0 atom stereocenters. The van der Waals surface area contributed by atoms with E-state index in [1.165, 1.54) is 6.07 Å². The number of aromatic hydroxyl groups is 1. The van der Waals surface area contributed by atoms with Crippen molar-refractivity contribution in [2.75, 3.05) is 0 Å². The molecule has 0 fully saturated rings. The van der Waals surface area contributed by atoms with E-state index in [4.69, 9.17) is 13.0 Å². The van der Waals surface area contributed by atoms with Crippen LogP contribution in [0.3, 0.4) is 0 Å². The number of benzene rings is 2. The van der Waals surface area contributed by atoms with Gasteiger partial charge in [0.05, 0.1) is 0 Å². The van der Waals surface area contributed by atoms with Crippen LogP contribution in [0.5, 0.6) is 5.75 Å². The molecule has 72 valence electrons. The van der Waals surface area contributed by atoms with Crippen LogP contribution in [0.4, 0.5) is 0 Å². The van der Waals surface area contributed by atoms with Crippen LogP contribution in [0.2, 0.25) is 0 Å². The zero-order valence-electron chi connectivity index (χ0n) is 7.77. The highest BCUT2D eigenvalue weighted by Crippen LogP contribution is 2.26. The molecular formula is C11H7BO3. The number of fused-ring (bicyclic) bond motifs is 1. The summed E-state index contributed by atoms with van der Waals surface area (Å²) in [4.78, 5) is 10.8. The van der Waals surface area contributed by atoms with E-state index in [-0.39, 0.29) is 11.3 Å². The number of phenols is 1. The van der Waals surface area contributed by atoms with Crippen LogP contribution in [0, 0.1) is 0 Å². The van der Waals surface area contributed by atoms with Gasteiger partial charge in [0, 0.05) is 5.39 Å². The van der Waals surface area contributed by atoms with Crippen molar-refractivity contribution in [2.24, 2.45) is 0 Å². The fraction of sp³-hybridized carbons (Fsp3) is 0. The number of carbonyl (C=O) groups is 1. The number of rotatable bonds is 1. The highest BCUT2D eigenvalue weighted by Gasteiger charge is 2.13. The summed E-state index contributed by atoms with van der Waals surface area (Å²) < 4.78 is 0. The maximum Gasteiger partial charge on any atom is 0.339 e. The molecule has 0 amide bonds. The molecule has 3 nitrogen and oxygen atoms in total. The Labute approximate surface area is 87.4 Å². The van der Waals surface area contributed by atoms with Gasteiger partial charge in [-0.15, -0.1) is 0 Å². The van der Waals surface area contributed by atoms with Gasteiger partial charge < -0.3 is 10.2 Å². The van der Waals surface area contributed by atoms with E-state index >= 15 is 0 Å². The Bertz CT molecular complexity index is 549. The predicted molar refractivity (Wildman–Crippen MR) is 58.0 cm³/mol. The van der Waals surface area contributed by atoms with E-state index in [0.717, 1.165) is 0 Å². The predicted octanol–water partition coefficient (Wildman–Crippen LogP) is 1.04. The van der Waals surface area contributed by atoms with E-state index in [1.54, 1.807) is 24.3 Å². The first-order valence-corrected chi connectivity index (χ1v) is 4.34. The van der Waals surface area contributed by atoms with E-state index in [0.29, 0.717) is 16.2 Å². The smallest absolute Gasteiger partial charge is 0.339 e. The van der Waals surface area contributed by atoms with Gasteiger partial charge in [0.1, 0.15) is 19.2 Å². The molecule has 0 aliphatic heterocycles. The third-order valence-electron chi connectivity index (χ3n) is 2.28. The van der Waals surface area contributed by atoms with E-state index in [2.05, 4.69) is 0 Å². The van der Waals surface area contributed by atoms with Gasteiger partial charge in [0.25, 0.3) is 0 Å². The van der Waals surface area contributed by atoms with E-state index in [9.17, 15) is 9.90 Å². The minimum Gasteiger partial charge on any atom is -0.506 e. The largest absolute Gasteiger partial charge is 0.506 e. The Morgan fingerprint density at radius 2 is 1.80 bits per heavy atom. The Hall–Kier alpha value is -1.97. The van der Waals surface area contributed by atoms with Crippen LogP contribution >= 0.6 is 0 Å². The fourth-order valence-corrected chi connectivity index (χ4v) is 1.55. The molecule has 2 rings (SSSR count). The summed E-state index contributed by atoms with van der Waals surface area (Å²) in [5, 5.41) is 19.6. The minimum atomic E-state index is -1.19. The van der Waals surface area contributed by atoms with Crippen molar-refractivity contribution in [1.82, 2.24) is 0 Å². The topological polar surface area (TPSA) is 57.5 Å². The lowest BCUT2D eigenvalue weighted by Gasteiger charge is -2.07. The van der Waals surface area contributed by atoms with E-state index < -0.39 is 5.97 Å². The Kier molecular flexibility index (Phi) is 2.12. The fourth-order valence-electron chi connectivity index (χ4n) is 1.55. The summed E-state index contributed by atoms with van der Waals surface area (Å²) in [6, 6.07) is 8.12. The van der Waals surface area contributed by atoms with Gasteiger partial charge in [-0.1, -0.05) is 35.8 Å². The summed E-state index contributed by atoms with van der Waals surface area (Å²) in [6.07, 6.45) is 0. The van der Waals surface area contributed by atoms with Crippen molar-refractivity contribution in [2.45, 2.75) is 0 Å². The number of carboxylic acid groups (broad SMARTS) is 1. The first-order chi connectivity index (χ1) is 7.11. The molecule has 4 heteroatoms. The summed E-state index contributed by atoms with van der Waals surface area (Å²) in [7, 11) is 5.69. The number of carboxylic acids is 1. The second kappa shape index (κ2) is 3.31. The molecule has 2 radical (unpaired) electrons. The third-order valence-corrected chi connectivity index (χ3v) is 2.28. The highest BCUT2D eigenvalue weighted by atomic mass is 16.4. The number of aromatic carboxylic acids is 1. The van der Waals surface area contributed by atoms with Gasteiger partial charge >= 0.3 is 5.97 Å². The van der Waals surface area contributed by atoms with Crippen molar-refractivity contribution in [3.8, 4) is 5.75 Å². The molecule has 0 saturated carbocycles. The van der Waals surface area contributed by atoms with Crippen LogP contribution < -0.4 is 5.46 Å². The van der Waals surface area contributed by atoms with Crippen LogP contribution in [-0.2, 0) is 0 Å². The lowest BCUT2D eigenvalue weighted by atomic mass is 9.87. The van der Waals surface area contributed by atoms with Gasteiger partial charge in [0.15, 0.2) is 0 Å². The van der Waals surface area contributed by atoms with Crippen LogP contribution in [0.15, 0.2) is 30.3 Å². The van der Waals surface area contributed by atoms with Crippen molar-refractivity contribution in [1.29, 1.82) is 0 Å². The van der Waals surface area contributed by atoms with Gasteiger partial charge in [0.2, 0.25) is 0 Å². The van der Waals surface area contributed by atoms with Crippen molar-refractivity contribution >= 4 is 30.1 Å². The molecule has 0 bridgehead atoms. The van der Waals surface area contributed by atoms with E-state index in [1.807, 2.05) is 0 Å². The molecule has 0 spiro atoms. The van der Waals surface area contributed by atoms with Gasteiger partial charge in [-0.2, -0.15) is 0 Å². The van der Waals surface area contributed by atoms with Gasteiger partial charge in [-0.25, -0.2) is 4.79 Å². The highest BCUT2D eigenvalue weighted by molar-refractivity contribution is 6.39. The molecule has 2 N–H and O–H groups in total. The molecule has 2 aromatic carbocycles. The Balaban J connectivity index is 2.90. The molecule has 0 saturated heterocycles. The summed E-state index contributed by atoms with van der Waals surface area (Å²) in [5.74, 6) is -1.43. The summed E-state index contributed by atoms with van der Waals surface area (Å²) in [6.45, 7) is 0. The molecular weight excluding hydrogens is 191 g/mol. The lowest BCUT2D eigenvalue weighted by molar-refractivity contribution is 0.0694. The maximum absolute atomic E-state index is 10.8. The van der Waals surface area contributed by atoms with Crippen LogP contribution in [-0.4, -0.2) is 24.0 Å². The van der Waals surface area contributed by atoms with Crippen molar-refractivity contribution < 1.29 is 15.0 Å². The van der Waals surface area contributed by atoms with Gasteiger partial charge in [-0.3, -0.25) is 0 Å². The molecule has 2 aromatic rings. The molecule has 15 heavy (non-hydrogen) atoms. The second-order valence-corrected chi connectivity index (χ2v) is 3.21. The normalized spacial score (nSPS) is 10.4. The zero-order valence-corrected chi connectivity index (χ0v) is 7.77. The molecule has 0 aliphatic rings. The SMILES string of the molecule is [B]c1cc(C(=O)O)c(O)c2ccccc12. The van der Waals surface area contributed by atoms with Crippen LogP contribution in [0.1, 0.15) is 10.4 Å². The first kappa shape index (κ1) is 9.58. The summed E-state index contributed by atoms with van der Waals surface area (Å²) >= 11 is 0. The number of hydrogen-bond donors (Lipinski definition) is 2. The van der Waals surface area contributed by atoms with Crippen molar-refractivity contribution in [3.63, 3.8) is 0 Å². The minimum absolute atomic E-state index is 0.175. The maximum atomic E-state index is 10.8. The molecule has 0 heterocycles. The van der Waals surface area contributed by atoms with Crippen LogP contribution in [0.25, 0.3) is 10.8 Å². The quantitative estimate of drug-likeness (QED) is 0.673. The molecule has 0 aliphatic carbocycles. The third kappa shape index (κ3) is 1.44. The second-order valence-electron chi connectivity index (χ2n) is 3.21. The monoisotopic (exact) mass is 198 g/mol. The van der Waals surface area contributed by atoms with Crippen molar-refractivity contribution in [3.05, 3.63) is 35.9 Å². The Morgan fingerprint density at radius 1 is 1.20 bits per heavy atom. The average molecular weight is 198 g/mol. The molecule has 0 unspecified atom stereocenters.